The van der Waals surface area contributed by atoms with Crippen molar-refractivity contribution in [2.75, 3.05) is 13.2 Å². The van der Waals surface area contributed by atoms with Crippen molar-refractivity contribution in [3.8, 4) is 0 Å². The summed E-state index contributed by atoms with van der Waals surface area (Å²) in [7, 11) is 0. The van der Waals surface area contributed by atoms with Crippen LogP contribution >= 0.6 is 0 Å². The van der Waals surface area contributed by atoms with Crippen LogP contribution in [0.4, 0.5) is 0 Å². The Labute approximate surface area is 111 Å². The lowest BCUT2D eigenvalue weighted by atomic mass is 9.73. The van der Waals surface area contributed by atoms with E-state index in [2.05, 4.69) is 11.8 Å². The van der Waals surface area contributed by atoms with Crippen molar-refractivity contribution in [2.45, 2.75) is 82.0 Å². The molecule has 0 bridgehead atoms. The maximum Gasteiger partial charge on any atom is 0.0697 e. The summed E-state index contributed by atoms with van der Waals surface area (Å²) in [5.41, 5.74) is 6.27. The van der Waals surface area contributed by atoms with Crippen LogP contribution in [0.15, 0.2) is 0 Å². The third kappa shape index (κ3) is 2.21. The van der Waals surface area contributed by atoms with Crippen LogP contribution in [0.25, 0.3) is 0 Å². The molecule has 104 valence electrons. The van der Waals surface area contributed by atoms with Crippen molar-refractivity contribution in [2.24, 2.45) is 5.73 Å². The molecule has 18 heavy (non-hydrogen) atoms. The van der Waals surface area contributed by atoms with Crippen LogP contribution in [-0.4, -0.2) is 41.8 Å². The molecule has 0 aromatic heterocycles. The van der Waals surface area contributed by atoms with Gasteiger partial charge in [-0.05, 0) is 51.9 Å². The fourth-order valence-electron chi connectivity index (χ4n) is 4.38. The predicted octanol–water partition coefficient (Wildman–Crippen LogP) is 2.29. The maximum absolute atomic E-state index is 6.07. The Balaban J connectivity index is 1.70. The van der Waals surface area contributed by atoms with Gasteiger partial charge in [-0.15, -0.1) is 0 Å². The maximum atomic E-state index is 6.07. The van der Waals surface area contributed by atoms with Gasteiger partial charge in [-0.3, -0.25) is 4.90 Å². The van der Waals surface area contributed by atoms with Gasteiger partial charge in [-0.2, -0.15) is 0 Å². The van der Waals surface area contributed by atoms with Crippen molar-refractivity contribution in [3.63, 3.8) is 0 Å². The van der Waals surface area contributed by atoms with Gasteiger partial charge >= 0.3 is 0 Å². The number of piperidine rings is 1. The second-order valence-corrected chi connectivity index (χ2v) is 6.65. The van der Waals surface area contributed by atoms with Crippen LogP contribution < -0.4 is 5.73 Å². The zero-order valence-electron chi connectivity index (χ0n) is 11.7. The SMILES string of the molecule is CC1CCCC(CN)N1C1CCOC2(CCC2)C1. The summed E-state index contributed by atoms with van der Waals surface area (Å²) in [6.45, 7) is 4.19. The molecule has 0 amide bonds. The average Bonchev–Trinajstić information content (AvgIpc) is 2.36. The minimum Gasteiger partial charge on any atom is -0.375 e. The Morgan fingerprint density at radius 1 is 1.22 bits per heavy atom. The van der Waals surface area contributed by atoms with Crippen LogP contribution in [0.2, 0.25) is 0 Å². The molecule has 2 heterocycles. The summed E-state index contributed by atoms with van der Waals surface area (Å²) >= 11 is 0. The molecule has 2 aliphatic heterocycles. The number of ether oxygens (including phenoxy) is 1. The molecule has 0 aromatic carbocycles. The highest BCUT2D eigenvalue weighted by molar-refractivity contribution is 4.99. The molecule has 3 nitrogen and oxygen atoms in total. The number of hydrogen-bond acceptors (Lipinski definition) is 3. The minimum absolute atomic E-state index is 0.263. The van der Waals surface area contributed by atoms with Gasteiger partial charge in [0.25, 0.3) is 0 Å². The molecule has 3 atom stereocenters. The average molecular weight is 252 g/mol. The fraction of sp³-hybridized carbons (Fsp3) is 1.00. The van der Waals surface area contributed by atoms with E-state index in [1.807, 2.05) is 0 Å². The first-order valence-corrected chi connectivity index (χ1v) is 7.85. The highest BCUT2D eigenvalue weighted by Crippen LogP contribution is 2.44. The number of rotatable bonds is 2. The van der Waals surface area contributed by atoms with Crippen molar-refractivity contribution in [3.05, 3.63) is 0 Å². The molecule has 3 unspecified atom stereocenters. The Morgan fingerprint density at radius 2 is 2.06 bits per heavy atom. The molecule has 2 N–H and O–H groups in total. The monoisotopic (exact) mass is 252 g/mol. The molecule has 2 saturated heterocycles. The van der Waals surface area contributed by atoms with Crippen molar-refractivity contribution < 1.29 is 4.74 Å². The second kappa shape index (κ2) is 5.10. The molecule has 3 rings (SSSR count). The second-order valence-electron chi connectivity index (χ2n) is 6.65. The fourth-order valence-corrected chi connectivity index (χ4v) is 4.38. The largest absolute Gasteiger partial charge is 0.375 e. The quantitative estimate of drug-likeness (QED) is 0.819. The number of nitrogens with two attached hydrogens (primary N) is 1. The van der Waals surface area contributed by atoms with Crippen LogP contribution in [0.1, 0.15) is 58.3 Å². The van der Waals surface area contributed by atoms with E-state index in [4.69, 9.17) is 10.5 Å². The van der Waals surface area contributed by atoms with E-state index in [9.17, 15) is 0 Å². The molecular formula is C15H28N2O. The van der Waals surface area contributed by atoms with Crippen LogP contribution in [0, 0.1) is 0 Å². The van der Waals surface area contributed by atoms with E-state index in [-0.39, 0.29) is 5.60 Å². The van der Waals surface area contributed by atoms with E-state index in [0.717, 1.165) is 19.2 Å². The topological polar surface area (TPSA) is 38.5 Å². The molecule has 1 saturated carbocycles. The zero-order valence-corrected chi connectivity index (χ0v) is 11.7. The van der Waals surface area contributed by atoms with Gasteiger partial charge in [0.1, 0.15) is 0 Å². The lowest BCUT2D eigenvalue weighted by Crippen LogP contribution is -2.59. The van der Waals surface area contributed by atoms with Crippen LogP contribution in [0.3, 0.4) is 0 Å². The van der Waals surface area contributed by atoms with Crippen LogP contribution in [-0.2, 0) is 4.74 Å². The Morgan fingerprint density at radius 3 is 2.72 bits per heavy atom. The first kappa shape index (κ1) is 12.9. The van der Waals surface area contributed by atoms with Crippen molar-refractivity contribution in [1.29, 1.82) is 0 Å². The van der Waals surface area contributed by atoms with Gasteiger partial charge in [-0.25, -0.2) is 0 Å². The summed E-state index contributed by atoms with van der Waals surface area (Å²) in [5.74, 6) is 0. The first-order chi connectivity index (χ1) is 8.74. The molecule has 1 spiro atoms. The molecule has 3 heteroatoms. The molecule has 3 fully saturated rings. The third-order valence-electron chi connectivity index (χ3n) is 5.52. The summed E-state index contributed by atoms with van der Waals surface area (Å²) in [5, 5.41) is 0. The van der Waals surface area contributed by atoms with Gasteiger partial charge in [0, 0.05) is 31.3 Å². The van der Waals surface area contributed by atoms with Gasteiger partial charge in [0.2, 0.25) is 0 Å². The zero-order chi connectivity index (χ0) is 12.6. The van der Waals surface area contributed by atoms with Gasteiger partial charge in [0.15, 0.2) is 0 Å². The Hall–Kier alpha value is -0.120. The van der Waals surface area contributed by atoms with Gasteiger partial charge < -0.3 is 10.5 Å². The van der Waals surface area contributed by atoms with E-state index in [1.165, 1.54) is 51.4 Å². The Kier molecular flexibility index (Phi) is 3.65. The smallest absolute Gasteiger partial charge is 0.0697 e. The molecule has 0 aromatic rings. The van der Waals surface area contributed by atoms with Crippen molar-refractivity contribution in [1.82, 2.24) is 4.90 Å². The first-order valence-electron chi connectivity index (χ1n) is 7.85. The highest BCUT2D eigenvalue weighted by atomic mass is 16.5. The number of likely N-dealkylation sites (tertiary alicyclic amines) is 1. The van der Waals surface area contributed by atoms with E-state index < -0.39 is 0 Å². The minimum atomic E-state index is 0.263. The standard InChI is InChI=1S/C15H28N2O/c1-12-4-2-5-14(11-16)17(12)13-6-9-18-15(10-13)7-3-8-15/h12-14H,2-11,16H2,1H3. The summed E-state index contributed by atoms with van der Waals surface area (Å²) in [6, 6.07) is 2.06. The highest BCUT2D eigenvalue weighted by Gasteiger charge is 2.45. The molecule has 0 radical (unpaired) electrons. The molecular weight excluding hydrogens is 224 g/mol. The van der Waals surface area contributed by atoms with Crippen LogP contribution in [0.5, 0.6) is 0 Å². The van der Waals surface area contributed by atoms with Crippen molar-refractivity contribution >= 4 is 0 Å². The third-order valence-corrected chi connectivity index (χ3v) is 5.52. The van der Waals surface area contributed by atoms with Gasteiger partial charge in [-0.1, -0.05) is 6.42 Å². The van der Waals surface area contributed by atoms with E-state index in [1.54, 1.807) is 0 Å². The lowest BCUT2D eigenvalue weighted by Gasteiger charge is -2.53. The number of nitrogens with zero attached hydrogens (tertiary/aromatic N) is 1. The summed E-state index contributed by atoms with van der Waals surface area (Å²) in [4.78, 5) is 2.76. The summed E-state index contributed by atoms with van der Waals surface area (Å²) < 4.78 is 6.07. The molecule has 3 aliphatic rings. The lowest BCUT2D eigenvalue weighted by molar-refractivity contribution is -0.157. The van der Waals surface area contributed by atoms with E-state index >= 15 is 0 Å². The number of hydrogen-bond donors (Lipinski definition) is 1. The molecule has 1 aliphatic carbocycles. The van der Waals surface area contributed by atoms with Gasteiger partial charge in [0.05, 0.1) is 5.60 Å². The predicted molar refractivity (Wildman–Crippen MR) is 73.6 cm³/mol. The summed E-state index contributed by atoms with van der Waals surface area (Å²) in [6.07, 6.45) is 10.4. The normalized spacial score (nSPS) is 40.7. The van der Waals surface area contributed by atoms with E-state index in [0.29, 0.717) is 12.1 Å². The Bertz CT molecular complexity index is 290.